The number of nitrogens with one attached hydrogen (secondary N) is 1. The number of rotatable bonds is 4. The Morgan fingerprint density at radius 2 is 1.85 bits per heavy atom. The summed E-state index contributed by atoms with van der Waals surface area (Å²) in [6.45, 7) is 0. The van der Waals surface area contributed by atoms with E-state index in [1.54, 1.807) is 13.1 Å². The van der Waals surface area contributed by atoms with Gasteiger partial charge in [-0.25, -0.2) is 13.2 Å². The van der Waals surface area contributed by atoms with Crippen molar-refractivity contribution < 1.29 is 13.2 Å². The van der Waals surface area contributed by atoms with Crippen molar-refractivity contribution in [1.29, 1.82) is 0 Å². The molecule has 0 radical (unpaired) electrons. The lowest BCUT2D eigenvalue weighted by Crippen LogP contribution is -2.21. The van der Waals surface area contributed by atoms with E-state index >= 15 is 0 Å². The highest BCUT2D eigenvalue weighted by atomic mass is 35.5. The van der Waals surface area contributed by atoms with Crippen molar-refractivity contribution in [2.75, 3.05) is 7.05 Å². The Labute approximate surface area is 120 Å². The second-order valence-electron chi connectivity index (χ2n) is 4.41. The molecule has 1 atom stereocenters. The van der Waals surface area contributed by atoms with Gasteiger partial charge in [-0.3, -0.25) is 0 Å². The zero-order chi connectivity index (χ0) is 14.7. The monoisotopic (exact) mass is 299 g/mol. The highest BCUT2D eigenvalue weighted by molar-refractivity contribution is 6.31. The second-order valence-corrected chi connectivity index (χ2v) is 4.82. The van der Waals surface area contributed by atoms with Crippen molar-refractivity contribution in [3.8, 4) is 0 Å². The molecule has 2 rings (SSSR count). The van der Waals surface area contributed by atoms with Crippen LogP contribution in [0, 0.1) is 17.5 Å². The zero-order valence-corrected chi connectivity index (χ0v) is 11.5. The van der Waals surface area contributed by atoms with E-state index in [-0.39, 0.29) is 17.0 Å². The Bertz CT molecular complexity index is 596. The molecule has 0 amide bonds. The smallest absolute Gasteiger partial charge is 0.130 e. The molecule has 1 nitrogen and oxygen atoms in total. The lowest BCUT2D eigenvalue weighted by Gasteiger charge is -2.18. The SMILES string of the molecule is CNC(Cc1c(F)cccc1Cl)c1ccc(F)cc1F. The number of likely N-dealkylation sites (N-methyl/N-ethyl adjacent to an activating group) is 1. The van der Waals surface area contributed by atoms with E-state index in [9.17, 15) is 13.2 Å². The predicted molar refractivity (Wildman–Crippen MR) is 73.3 cm³/mol. The minimum absolute atomic E-state index is 0.171. The average molecular weight is 300 g/mol. The van der Waals surface area contributed by atoms with Gasteiger partial charge < -0.3 is 5.32 Å². The summed E-state index contributed by atoms with van der Waals surface area (Å²) in [6, 6.07) is 7.22. The van der Waals surface area contributed by atoms with Crippen LogP contribution in [-0.4, -0.2) is 7.05 Å². The molecule has 0 aromatic heterocycles. The van der Waals surface area contributed by atoms with E-state index < -0.39 is 23.5 Å². The minimum atomic E-state index is -0.670. The molecule has 0 heterocycles. The molecule has 0 aliphatic heterocycles. The quantitative estimate of drug-likeness (QED) is 0.889. The molecule has 5 heteroatoms. The fourth-order valence-corrected chi connectivity index (χ4v) is 2.32. The van der Waals surface area contributed by atoms with Gasteiger partial charge in [0.15, 0.2) is 0 Å². The van der Waals surface area contributed by atoms with Crippen LogP contribution < -0.4 is 5.32 Å². The first kappa shape index (κ1) is 14.9. The largest absolute Gasteiger partial charge is 0.313 e. The maximum atomic E-state index is 13.8. The first-order valence-corrected chi connectivity index (χ1v) is 6.46. The van der Waals surface area contributed by atoms with E-state index in [1.165, 1.54) is 24.3 Å². The van der Waals surface area contributed by atoms with Crippen molar-refractivity contribution in [1.82, 2.24) is 5.32 Å². The molecule has 0 bridgehead atoms. The van der Waals surface area contributed by atoms with Crippen LogP contribution in [0.5, 0.6) is 0 Å². The van der Waals surface area contributed by atoms with Gasteiger partial charge in [-0.15, -0.1) is 0 Å². The Morgan fingerprint density at radius 3 is 2.45 bits per heavy atom. The summed E-state index contributed by atoms with van der Waals surface area (Å²) in [4.78, 5) is 0. The molecule has 0 aliphatic carbocycles. The van der Waals surface area contributed by atoms with Crippen LogP contribution in [-0.2, 0) is 6.42 Å². The molecule has 0 spiro atoms. The first-order valence-electron chi connectivity index (χ1n) is 6.08. The second kappa shape index (κ2) is 6.29. The minimum Gasteiger partial charge on any atom is -0.313 e. The Hall–Kier alpha value is -1.52. The summed E-state index contributed by atoms with van der Waals surface area (Å²) in [5.74, 6) is -1.76. The molecule has 2 aromatic rings. The van der Waals surface area contributed by atoms with Gasteiger partial charge in [0.05, 0.1) is 0 Å². The topological polar surface area (TPSA) is 12.0 Å². The van der Waals surface area contributed by atoms with Gasteiger partial charge in [0, 0.05) is 28.3 Å². The van der Waals surface area contributed by atoms with Crippen molar-refractivity contribution in [3.63, 3.8) is 0 Å². The molecular weight excluding hydrogens is 287 g/mol. The molecule has 0 fully saturated rings. The molecule has 106 valence electrons. The molecule has 0 aliphatic rings. The lowest BCUT2D eigenvalue weighted by molar-refractivity contribution is 0.511. The van der Waals surface area contributed by atoms with E-state index in [1.807, 2.05) is 0 Å². The number of halogens is 4. The molecule has 0 saturated carbocycles. The van der Waals surface area contributed by atoms with Gasteiger partial charge in [0.2, 0.25) is 0 Å². The first-order chi connectivity index (χ1) is 9.52. The van der Waals surface area contributed by atoms with E-state index in [0.717, 1.165) is 6.07 Å². The molecule has 2 aromatic carbocycles. The van der Waals surface area contributed by atoms with Crippen LogP contribution in [0.2, 0.25) is 5.02 Å². The fourth-order valence-electron chi connectivity index (χ4n) is 2.08. The van der Waals surface area contributed by atoms with Crippen LogP contribution in [0.25, 0.3) is 0 Å². The Kier molecular flexibility index (Phi) is 4.68. The van der Waals surface area contributed by atoms with Crippen LogP contribution >= 0.6 is 11.6 Å². The third kappa shape index (κ3) is 3.14. The highest BCUT2D eigenvalue weighted by Gasteiger charge is 2.18. The van der Waals surface area contributed by atoms with Crippen molar-refractivity contribution in [3.05, 3.63) is 70.0 Å². The van der Waals surface area contributed by atoms with Crippen molar-refractivity contribution in [2.45, 2.75) is 12.5 Å². The summed E-state index contributed by atoms with van der Waals surface area (Å²) in [5, 5.41) is 3.18. The van der Waals surface area contributed by atoms with Crippen LogP contribution in [0.15, 0.2) is 36.4 Å². The fraction of sp³-hybridized carbons (Fsp3) is 0.200. The van der Waals surface area contributed by atoms with E-state index in [4.69, 9.17) is 11.6 Å². The van der Waals surface area contributed by atoms with Gasteiger partial charge in [-0.1, -0.05) is 23.7 Å². The van der Waals surface area contributed by atoms with E-state index in [2.05, 4.69) is 5.32 Å². The Balaban J connectivity index is 2.34. The van der Waals surface area contributed by atoms with Crippen LogP contribution in [0.4, 0.5) is 13.2 Å². The zero-order valence-electron chi connectivity index (χ0n) is 10.8. The standard InChI is InChI=1S/C15H13ClF3N/c1-20-15(10-6-5-9(17)7-14(10)19)8-11-12(16)3-2-4-13(11)18/h2-7,15,20H,8H2,1H3. The number of hydrogen-bond acceptors (Lipinski definition) is 1. The van der Waals surface area contributed by atoms with Crippen molar-refractivity contribution in [2.24, 2.45) is 0 Å². The summed E-state index contributed by atoms with van der Waals surface area (Å²) in [6.07, 6.45) is 0.171. The number of hydrogen-bond donors (Lipinski definition) is 1. The van der Waals surface area contributed by atoms with E-state index in [0.29, 0.717) is 5.56 Å². The molecular formula is C15H13ClF3N. The molecule has 0 saturated heterocycles. The summed E-state index contributed by atoms with van der Waals surface area (Å²) in [5.41, 5.74) is 0.575. The third-order valence-electron chi connectivity index (χ3n) is 3.16. The Morgan fingerprint density at radius 1 is 1.10 bits per heavy atom. The maximum Gasteiger partial charge on any atom is 0.130 e. The summed E-state index contributed by atoms with van der Waals surface area (Å²) < 4.78 is 40.5. The van der Waals surface area contributed by atoms with Crippen LogP contribution in [0.3, 0.4) is 0 Å². The summed E-state index contributed by atoms with van der Waals surface area (Å²) >= 11 is 5.96. The van der Waals surface area contributed by atoms with Gasteiger partial charge in [0.1, 0.15) is 17.5 Å². The summed E-state index contributed by atoms with van der Waals surface area (Å²) in [7, 11) is 1.63. The normalized spacial score (nSPS) is 12.4. The third-order valence-corrected chi connectivity index (χ3v) is 3.51. The van der Waals surface area contributed by atoms with Gasteiger partial charge in [0.25, 0.3) is 0 Å². The van der Waals surface area contributed by atoms with Gasteiger partial charge in [-0.2, -0.15) is 0 Å². The lowest BCUT2D eigenvalue weighted by atomic mass is 9.98. The molecule has 20 heavy (non-hydrogen) atoms. The van der Waals surface area contributed by atoms with Gasteiger partial charge in [-0.05, 0) is 31.7 Å². The van der Waals surface area contributed by atoms with Gasteiger partial charge >= 0.3 is 0 Å². The highest BCUT2D eigenvalue weighted by Crippen LogP contribution is 2.27. The molecule has 1 N–H and O–H groups in total. The van der Waals surface area contributed by atoms with Crippen LogP contribution in [0.1, 0.15) is 17.2 Å². The van der Waals surface area contributed by atoms with Crippen molar-refractivity contribution >= 4 is 11.6 Å². The molecule has 1 unspecified atom stereocenters. The average Bonchev–Trinajstić information content (AvgIpc) is 2.40. The maximum absolute atomic E-state index is 13.8. The predicted octanol–water partition coefficient (Wildman–Crippen LogP) is 4.26. The number of benzene rings is 2.